The number of thiazole rings is 1. The molecule has 2 heterocycles. The van der Waals surface area contributed by atoms with Crippen LogP contribution in [-0.4, -0.2) is 42.1 Å². The largest absolute Gasteiger partial charge is 0.379 e. The molecule has 1 amide bonds. The maximum absolute atomic E-state index is 12.5. The van der Waals surface area contributed by atoms with Crippen molar-refractivity contribution in [1.82, 2.24) is 9.88 Å². The molecular formula is C23H21Cl2N3O2S. The molecule has 1 aliphatic heterocycles. The van der Waals surface area contributed by atoms with Gasteiger partial charge in [0.15, 0.2) is 5.13 Å². The van der Waals surface area contributed by atoms with Crippen LogP contribution in [0.2, 0.25) is 10.0 Å². The number of rotatable bonds is 6. The molecule has 3 aromatic rings. The molecule has 160 valence electrons. The molecule has 4 rings (SSSR count). The Labute approximate surface area is 195 Å². The zero-order valence-corrected chi connectivity index (χ0v) is 19.0. The molecule has 0 atom stereocenters. The molecule has 1 fully saturated rings. The monoisotopic (exact) mass is 473 g/mol. The van der Waals surface area contributed by atoms with E-state index in [9.17, 15) is 4.79 Å². The van der Waals surface area contributed by atoms with Gasteiger partial charge in [0, 0.05) is 46.2 Å². The van der Waals surface area contributed by atoms with Gasteiger partial charge in [-0.25, -0.2) is 4.98 Å². The molecule has 0 spiro atoms. The maximum Gasteiger partial charge on any atom is 0.250 e. The Morgan fingerprint density at radius 2 is 1.94 bits per heavy atom. The second-order valence-corrected chi connectivity index (χ2v) is 8.96. The number of benzene rings is 2. The number of aromatic nitrogens is 1. The van der Waals surface area contributed by atoms with E-state index in [1.54, 1.807) is 24.3 Å². The van der Waals surface area contributed by atoms with Crippen molar-refractivity contribution in [2.24, 2.45) is 0 Å². The fourth-order valence-electron chi connectivity index (χ4n) is 3.25. The van der Waals surface area contributed by atoms with E-state index >= 15 is 0 Å². The zero-order chi connectivity index (χ0) is 21.6. The van der Waals surface area contributed by atoms with Gasteiger partial charge < -0.3 is 4.74 Å². The molecule has 1 aliphatic rings. The summed E-state index contributed by atoms with van der Waals surface area (Å²) in [6.45, 7) is 4.02. The van der Waals surface area contributed by atoms with Gasteiger partial charge in [-0.2, -0.15) is 0 Å². The molecular weight excluding hydrogens is 453 g/mol. The number of nitrogens with one attached hydrogen (secondary N) is 1. The number of ether oxygens (including phenoxy) is 1. The predicted octanol–water partition coefficient (Wildman–Crippen LogP) is 5.60. The molecule has 8 heteroatoms. The van der Waals surface area contributed by atoms with Crippen LogP contribution in [0.1, 0.15) is 10.4 Å². The zero-order valence-electron chi connectivity index (χ0n) is 16.7. The van der Waals surface area contributed by atoms with E-state index in [1.807, 2.05) is 30.3 Å². The highest BCUT2D eigenvalue weighted by Crippen LogP contribution is 2.32. The molecule has 1 saturated heterocycles. The third-order valence-corrected chi connectivity index (χ3v) is 6.34. The Bertz CT molecular complexity index is 1080. The Hall–Kier alpha value is -2.22. The average Bonchev–Trinajstić information content (AvgIpc) is 3.16. The van der Waals surface area contributed by atoms with Crippen LogP contribution >= 0.6 is 34.5 Å². The van der Waals surface area contributed by atoms with E-state index in [0.29, 0.717) is 15.2 Å². The number of anilines is 1. The summed E-state index contributed by atoms with van der Waals surface area (Å²) in [6, 6.07) is 15.2. The average molecular weight is 474 g/mol. The lowest BCUT2D eigenvalue weighted by atomic mass is 10.1. The third-order valence-electron chi connectivity index (χ3n) is 4.82. The van der Waals surface area contributed by atoms with Crippen LogP contribution in [0.4, 0.5) is 5.13 Å². The van der Waals surface area contributed by atoms with Crippen LogP contribution in [0.5, 0.6) is 0 Å². The molecule has 0 unspecified atom stereocenters. The summed E-state index contributed by atoms with van der Waals surface area (Å²) < 4.78 is 5.45. The SMILES string of the molecule is O=C(/C=C/c1ccc(Cl)cc1Cl)Nc1nc(-c2ccccc2)c(CN2CCOCC2)s1. The first-order chi connectivity index (χ1) is 15.1. The predicted molar refractivity (Wildman–Crippen MR) is 128 cm³/mol. The van der Waals surface area contributed by atoms with Crippen molar-refractivity contribution in [1.29, 1.82) is 0 Å². The number of hydrogen-bond donors (Lipinski definition) is 1. The van der Waals surface area contributed by atoms with Gasteiger partial charge in [-0.05, 0) is 23.8 Å². The van der Waals surface area contributed by atoms with Crippen molar-refractivity contribution in [3.63, 3.8) is 0 Å². The van der Waals surface area contributed by atoms with E-state index in [4.69, 9.17) is 32.9 Å². The van der Waals surface area contributed by atoms with E-state index in [-0.39, 0.29) is 5.91 Å². The smallest absolute Gasteiger partial charge is 0.250 e. The molecule has 2 aromatic carbocycles. The third kappa shape index (κ3) is 5.93. The molecule has 5 nitrogen and oxygen atoms in total. The van der Waals surface area contributed by atoms with Crippen LogP contribution in [0.3, 0.4) is 0 Å². The van der Waals surface area contributed by atoms with Crippen molar-refractivity contribution in [2.75, 3.05) is 31.6 Å². The Balaban J connectivity index is 1.52. The van der Waals surface area contributed by atoms with E-state index < -0.39 is 0 Å². The summed E-state index contributed by atoms with van der Waals surface area (Å²) >= 11 is 13.6. The topological polar surface area (TPSA) is 54.5 Å². The first kappa shape index (κ1) is 22.0. The molecule has 0 saturated carbocycles. The van der Waals surface area contributed by atoms with Gasteiger partial charge in [0.1, 0.15) is 0 Å². The van der Waals surface area contributed by atoms with Gasteiger partial charge in [-0.1, -0.05) is 70.9 Å². The number of carbonyl (C=O) groups is 1. The summed E-state index contributed by atoms with van der Waals surface area (Å²) in [5.74, 6) is -0.266. The number of amides is 1. The molecule has 0 aliphatic carbocycles. The minimum atomic E-state index is -0.266. The summed E-state index contributed by atoms with van der Waals surface area (Å²) in [6.07, 6.45) is 3.11. The van der Waals surface area contributed by atoms with E-state index in [0.717, 1.165) is 54.5 Å². The van der Waals surface area contributed by atoms with Gasteiger partial charge in [0.05, 0.1) is 18.9 Å². The van der Waals surface area contributed by atoms with Gasteiger partial charge in [-0.15, -0.1) is 0 Å². The van der Waals surface area contributed by atoms with Crippen LogP contribution in [0.15, 0.2) is 54.6 Å². The van der Waals surface area contributed by atoms with Gasteiger partial charge in [0.25, 0.3) is 0 Å². The highest BCUT2D eigenvalue weighted by atomic mass is 35.5. The molecule has 1 aromatic heterocycles. The Morgan fingerprint density at radius 1 is 1.16 bits per heavy atom. The molecule has 0 bridgehead atoms. The van der Waals surface area contributed by atoms with Crippen molar-refractivity contribution >= 4 is 51.7 Å². The van der Waals surface area contributed by atoms with Crippen molar-refractivity contribution in [2.45, 2.75) is 6.54 Å². The fourth-order valence-corrected chi connectivity index (χ4v) is 4.75. The summed E-state index contributed by atoms with van der Waals surface area (Å²) in [7, 11) is 0. The second-order valence-electron chi connectivity index (χ2n) is 7.03. The number of morpholine rings is 1. The number of hydrogen-bond acceptors (Lipinski definition) is 5. The number of carbonyl (C=O) groups excluding carboxylic acids is 1. The number of nitrogens with zero attached hydrogens (tertiary/aromatic N) is 2. The molecule has 1 N–H and O–H groups in total. The Morgan fingerprint density at radius 3 is 2.68 bits per heavy atom. The normalized spacial score (nSPS) is 14.8. The highest BCUT2D eigenvalue weighted by molar-refractivity contribution is 7.16. The quantitative estimate of drug-likeness (QED) is 0.473. The van der Waals surface area contributed by atoms with E-state index in [2.05, 4.69) is 10.2 Å². The lowest BCUT2D eigenvalue weighted by molar-refractivity contribution is -0.111. The second kappa shape index (κ2) is 10.4. The van der Waals surface area contributed by atoms with Gasteiger partial charge in [0.2, 0.25) is 5.91 Å². The van der Waals surface area contributed by atoms with Crippen molar-refractivity contribution < 1.29 is 9.53 Å². The highest BCUT2D eigenvalue weighted by Gasteiger charge is 2.18. The minimum absolute atomic E-state index is 0.266. The minimum Gasteiger partial charge on any atom is -0.379 e. The van der Waals surface area contributed by atoms with Crippen molar-refractivity contribution in [3.05, 3.63) is 75.1 Å². The summed E-state index contributed by atoms with van der Waals surface area (Å²) in [4.78, 5) is 20.7. The summed E-state index contributed by atoms with van der Waals surface area (Å²) in [5, 5.41) is 4.49. The fraction of sp³-hybridized carbons (Fsp3) is 0.217. The standard InChI is InChI=1S/C23H21Cl2N3O2S/c24-18-8-6-16(19(25)14-18)7-9-21(29)26-23-27-22(17-4-2-1-3-5-17)20(31-23)15-28-10-12-30-13-11-28/h1-9,14H,10-13,15H2,(H,26,27,29)/b9-7+. The molecule has 31 heavy (non-hydrogen) atoms. The lowest BCUT2D eigenvalue weighted by Gasteiger charge is -2.26. The van der Waals surface area contributed by atoms with Crippen LogP contribution in [-0.2, 0) is 16.1 Å². The maximum atomic E-state index is 12.5. The first-order valence-electron chi connectivity index (χ1n) is 9.88. The van der Waals surface area contributed by atoms with Crippen LogP contribution < -0.4 is 5.32 Å². The van der Waals surface area contributed by atoms with Crippen LogP contribution in [0.25, 0.3) is 17.3 Å². The lowest BCUT2D eigenvalue weighted by Crippen LogP contribution is -2.35. The van der Waals surface area contributed by atoms with Crippen LogP contribution in [0, 0.1) is 0 Å². The Kier molecular flexibility index (Phi) is 7.37. The van der Waals surface area contributed by atoms with Crippen molar-refractivity contribution in [3.8, 4) is 11.3 Å². The number of halogens is 2. The van der Waals surface area contributed by atoms with E-state index in [1.165, 1.54) is 17.4 Å². The first-order valence-corrected chi connectivity index (χ1v) is 11.4. The summed E-state index contributed by atoms with van der Waals surface area (Å²) in [5.41, 5.74) is 2.65. The molecule has 0 radical (unpaired) electrons. The van der Waals surface area contributed by atoms with Gasteiger partial charge in [-0.3, -0.25) is 15.0 Å². The van der Waals surface area contributed by atoms with Gasteiger partial charge >= 0.3 is 0 Å².